The maximum Gasteiger partial charge on any atom is 0.302 e. The highest BCUT2D eigenvalue weighted by molar-refractivity contribution is 5.65. The molecule has 0 aromatic carbocycles. The fourth-order valence-electron chi connectivity index (χ4n) is 0.911. The van der Waals surface area contributed by atoms with Gasteiger partial charge in [0.15, 0.2) is 0 Å². The Labute approximate surface area is 78.2 Å². The molecule has 0 heterocycles. The molecule has 4 heteroatoms. The van der Waals surface area contributed by atoms with Gasteiger partial charge in [-0.15, -0.1) is 0 Å². The third-order valence-corrected chi connectivity index (χ3v) is 1.60. The largest absolute Gasteiger partial charge is 0.462 e. The van der Waals surface area contributed by atoms with Crippen LogP contribution in [0.25, 0.3) is 0 Å². The second-order valence-electron chi connectivity index (χ2n) is 2.80. The van der Waals surface area contributed by atoms with Gasteiger partial charge in [0.1, 0.15) is 12.7 Å². The number of rotatable bonds is 7. The standard InChI is InChI=1S/C9H16O4/c1-3-4-5-9(13-7-10)6-12-8(2)11/h7,9H,3-6H2,1-2H3/t9-/m0/s1. The number of ether oxygens (including phenoxy) is 2. The van der Waals surface area contributed by atoms with Gasteiger partial charge in [0, 0.05) is 6.92 Å². The molecule has 0 aliphatic rings. The minimum absolute atomic E-state index is 0.161. The van der Waals surface area contributed by atoms with Gasteiger partial charge in [-0.05, 0) is 12.8 Å². The van der Waals surface area contributed by atoms with E-state index in [1.54, 1.807) is 0 Å². The minimum Gasteiger partial charge on any atom is -0.462 e. The van der Waals surface area contributed by atoms with Crippen LogP contribution in [0.3, 0.4) is 0 Å². The van der Waals surface area contributed by atoms with Crippen LogP contribution in [0, 0.1) is 0 Å². The number of carbonyl (C=O) groups excluding carboxylic acids is 2. The van der Waals surface area contributed by atoms with Gasteiger partial charge in [-0.2, -0.15) is 0 Å². The summed E-state index contributed by atoms with van der Waals surface area (Å²) in [6.07, 6.45) is 2.43. The van der Waals surface area contributed by atoms with E-state index in [9.17, 15) is 9.59 Å². The average molecular weight is 188 g/mol. The molecule has 0 saturated heterocycles. The van der Waals surface area contributed by atoms with E-state index in [2.05, 4.69) is 0 Å². The number of hydrogen-bond donors (Lipinski definition) is 0. The van der Waals surface area contributed by atoms with E-state index in [-0.39, 0.29) is 18.7 Å². The molecule has 0 rings (SSSR count). The van der Waals surface area contributed by atoms with Crippen LogP contribution in [-0.4, -0.2) is 25.2 Å². The van der Waals surface area contributed by atoms with Crippen LogP contribution in [0.15, 0.2) is 0 Å². The van der Waals surface area contributed by atoms with Crippen LogP contribution in [-0.2, 0) is 19.1 Å². The smallest absolute Gasteiger partial charge is 0.302 e. The molecule has 0 aromatic heterocycles. The van der Waals surface area contributed by atoms with Crippen LogP contribution in [0.5, 0.6) is 0 Å². The van der Waals surface area contributed by atoms with E-state index in [1.165, 1.54) is 6.92 Å². The maximum absolute atomic E-state index is 10.5. The van der Waals surface area contributed by atoms with Crippen LogP contribution < -0.4 is 0 Å². The number of unbranched alkanes of at least 4 members (excludes halogenated alkanes) is 1. The number of hydrogen-bond acceptors (Lipinski definition) is 4. The van der Waals surface area contributed by atoms with Gasteiger partial charge < -0.3 is 9.47 Å². The van der Waals surface area contributed by atoms with Crippen molar-refractivity contribution in [1.82, 2.24) is 0 Å². The van der Waals surface area contributed by atoms with Crippen molar-refractivity contribution in [2.75, 3.05) is 6.61 Å². The zero-order valence-electron chi connectivity index (χ0n) is 8.12. The van der Waals surface area contributed by atoms with Gasteiger partial charge in [-0.25, -0.2) is 0 Å². The van der Waals surface area contributed by atoms with Gasteiger partial charge >= 0.3 is 5.97 Å². The highest BCUT2D eigenvalue weighted by atomic mass is 16.6. The molecule has 0 aliphatic heterocycles. The number of carbonyl (C=O) groups is 2. The molecular weight excluding hydrogens is 172 g/mol. The quantitative estimate of drug-likeness (QED) is 0.446. The zero-order valence-corrected chi connectivity index (χ0v) is 8.12. The molecule has 1 atom stereocenters. The second kappa shape index (κ2) is 7.58. The molecule has 4 nitrogen and oxygen atoms in total. The fourth-order valence-corrected chi connectivity index (χ4v) is 0.911. The third-order valence-electron chi connectivity index (χ3n) is 1.60. The van der Waals surface area contributed by atoms with Crippen LogP contribution in [0.4, 0.5) is 0 Å². The lowest BCUT2D eigenvalue weighted by Crippen LogP contribution is -2.20. The van der Waals surface area contributed by atoms with Crippen molar-refractivity contribution in [2.45, 2.75) is 39.2 Å². The van der Waals surface area contributed by atoms with Crippen molar-refractivity contribution in [2.24, 2.45) is 0 Å². The summed E-state index contributed by atoms with van der Waals surface area (Å²) in [5, 5.41) is 0. The molecule has 0 unspecified atom stereocenters. The summed E-state index contributed by atoms with van der Waals surface area (Å²) in [4.78, 5) is 20.5. The Bertz CT molecular complexity index is 156. The van der Waals surface area contributed by atoms with E-state index >= 15 is 0 Å². The van der Waals surface area contributed by atoms with Gasteiger partial charge in [0.2, 0.25) is 0 Å². The molecule has 0 spiro atoms. The van der Waals surface area contributed by atoms with Gasteiger partial charge in [-0.3, -0.25) is 9.59 Å². The molecule has 0 aliphatic carbocycles. The summed E-state index contributed by atoms with van der Waals surface area (Å²) in [5.41, 5.74) is 0. The van der Waals surface area contributed by atoms with Crippen LogP contribution in [0.1, 0.15) is 33.1 Å². The zero-order chi connectivity index (χ0) is 10.1. The molecule has 0 amide bonds. The highest BCUT2D eigenvalue weighted by Crippen LogP contribution is 2.04. The average Bonchev–Trinajstić information content (AvgIpc) is 2.09. The molecule has 0 fully saturated rings. The first-order valence-electron chi connectivity index (χ1n) is 4.43. The summed E-state index contributed by atoms with van der Waals surface area (Å²) in [6, 6.07) is 0. The first-order valence-corrected chi connectivity index (χ1v) is 4.43. The van der Waals surface area contributed by atoms with Crippen LogP contribution >= 0.6 is 0 Å². The van der Waals surface area contributed by atoms with Gasteiger partial charge in [0.05, 0.1) is 0 Å². The summed E-state index contributed by atoms with van der Waals surface area (Å²) < 4.78 is 9.47. The Morgan fingerprint density at radius 3 is 2.69 bits per heavy atom. The van der Waals surface area contributed by atoms with E-state index < -0.39 is 0 Å². The Morgan fingerprint density at radius 2 is 2.23 bits per heavy atom. The first kappa shape index (κ1) is 11.9. The summed E-state index contributed by atoms with van der Waals surface area (Å²) >= 11 is 0. The molecule has 0 aromatic rings. The lowest BCUT2D eigenvalue weighted by atomic mass is 10.2. The first-order chi connectivity index (χ1) is 6.20. The molecule has 76 valence electrons. The third kappa shape index (κ3) is 7.31. The fraction of sp³-hybridized carbons (Fsp3) is 0.778. The van der Waals surface area contributed by atoms with E-state index in [0.29, 0.717) is 6.47 Å². The SMILES string of the molecule is CCCC[C@@H](COC(C)=O)OC=O. The summed E-state index contributed by atoms with van der Waals surface area (Å²) in [5.74, 6) is -0.351. The van der Waals surface area contributed by atoms with E-state index in [4.69, 9.17) is 9.47 Å². The Balaban J connectivity index is 3.65. The Hall–Kier alpha value is -1.06. The molecule has 0 radical (unpaired) electrons. The van der Waals surface area contributed by atoms with E-state index in [0.717, 1.165) is 19.3 Å². The predicted molar refractivity (Wildman–Crippen MR) is 47.1 cm³/mol. The van der Waals surface area contributed by atoms with Crippen molar-refractivity contribution in [3.05, 3.63) is 0 Å². The van der Waals surface area contributed by atoms with Crippen LogP contribution in [0.2, 0.25) is 0 Å². The number of esters is 1. The van der Waals surface area contributed by atoms with Crippen molar-refractivity contribution in [3.63, 3.8) is 0 Å². The minimum atomic E-state index is -0.351. The molecular formula is C9H16O4. The Kier molecular flexibility index (Phi) is 6.96. The predicted octanol–water partition coefficient (Wildman–Crippen LogP) is 1.28. The summed E-state index contributed by atoms with van der Waals surface area (Å²) in [7, 11) is 0. The van der Waals surface area contributed by atoms with Gasteiger partial charge in [0.25, 0.3) is 6.47 Å². The lowest BCUT2D eigenvalue weighted by Gasteiger charge is -2.13. The molecule has 0 saturated carbocycles. The van der Waals surface area contributed by atoms with Crippen molar-refractivity contribution in [1.29, 1.82) is 0 Å². The van der Waals surface area contributed by atoms with Crippen molar-refractivity contribution >= 4 is 12.4 Å². The topological polar surface area (TPSA) is 52.6 Å². The normalized spacial score (nSPS) is 11.8. The maximum atomic E-state index is 10.5. The molecule has 0 bridgehead atoms. The monoisotopic (exact) mass is 188 g/mol. The Morgan fingerprint density at radius 1 is 1.54 bits per heavy atom. The molecule has 0 N–H and O–H groups in total. The van der Waals surface area contributed by atoms with Crippen molar-refractivity contribution in [3.8, 4) is 0 Å². The lowest BCUT2D eigenvalue weighted by molar-refractivity contribution is -0.150. The second-order valence-corrected chi connectivity index (χ2v) is 2.80. The van der Waals surface area contributed by atoms with Crippen molar-refractivity contribution < 1.29 is 19.1 Å². The van der Waals surface area contributed by atoms with E-state index in [1.807, 2.05) is 6.92 Å². The highest BCUT2D eigenvalue weighted by Gasteiger charge is 2.09. The van der Waals surface area contributed by atoms with Gasteiger partial charge in [-0.1, -0.05) is 13.3 Å². The molecule has 13 heavy (non-hydrogen) atoms. The summed E-state index contributed by atoms with van der Waals surface area (Å²) in [6.45, 7) is 3.93.